The number of hydrogen-bond donors (Lipinski definition) is 2. The highest BCUT2D eigenvalue weighted by Gasteiger charge is 2.27. The van der Waals surface area contributed by atoms with Gasteiger partial charge in [0.05, 0.1) is 40.4 Å². The maximum absolute atomic E-state index is 15.1. The molecule has 1 aliphatic carbocycles. The summed E-state index contributed by atoms with van der Waals surface area (Å²) < 4.78 is 16.7. The zero-order valence-corrected chi connectivity index (χ0v) is 17.7. The lowest BCUT2D eigenvalue weighted by molar-refractivity contribution is -0.105. The number of halogens is 2. The number of fused-ring (bicyclic) bond motifs is 2. The number of carbonyl (C=O) groups excluding carboxylic acids is 2. The van der Waals surface area contributed by atoms with Crippen LogP contribution < -0.4 is 5.32 Å². The lowest BCUT2D eigenvalue weighted by Crippen LogP contribution is -2.11. The zero-order valence-electron chi connectivity index (χ0n) is 16.9. The van der Waals surface area contributed by atoms with Crippen molar-refractivity contribution in [3.8, 4) is 11.3 Å². The van der Waals surface area contributed by atoms with Crippen molar-refractivity contribution in [2.75, 3.05) is 5.32 Å². The number of carbonyl (C=O) groups is 2. The third kappa shape index (κ3) is 4.00. The Balaban J connectivity index is 0.000000710. The molecule has 1 fully saturated rings. The fourth-order valence-corrected chi connectivity index (χ4v) is 3.34. The Morgan fingerprint density at radius 1 is 1.29 bits per heavy atom. The van der Waals surface area contributed by atoms with Crippen molar-refractivity contribution in [1.29, 1.82) is 0 Å². The second-order valence-corrected chi connectivity index (χ2v) is 7.92. The number of aromatic nitrogens is 5. The highest BCUT2D eigenvalue weighted by molar-refractivity contribution is 6.36. The van der Waals surface area contributed by atoms with E-state index >= 15 is 4.39 Å². The summed E-state index contributed by atoms with van der Waals surface area (Å²) in [6.07, 6.45) is 11.2. The standard InChI is InChI=1S/C18H14ClFN6O2.C3H6/c1-8(2)18(28)14-16(20)15(19)13(9-3-23-25-17(9)14)10-5-26-6-11(22-7-27)24-12(26)4-21-10;1-2-3-1/h3-8H,1-2H3,(H,22,27)(H,23,25);1-3H2. The highest BCUT2D eigenvalue weighted by atomic mass is 35.5. The van der Waals surface area contributed by atoms with Crippen molar-refractivity contribution < 1.29 is 14.0 Å². The van der Waals surface area contributed by atoms with E-state index in [1.165, 1.54) is 31.7 Å². The summed E-state index contributed by atoms with van der Waals surface area (Å²) in [4.78, 5) is 31.6. The van der Waals surface area contributed by atoms with E-state index < -0.39 is 11.7 Å². The molecule has 0 aliphatic heterocycles. The number of nitrogens with one attached hydrogen (secondary N) is 2. The lowest BCUT2D eigenvalue weighted by Gasteiger charge is -2.13. The van der Waals surface area contributed by atoms with E-state index in [9.17, 15) is 9.59 Å². The van der Waals surface area contributed by atoms with Crippen LogP contribution >= 0.6 is 11.6 Å². The first-order chi connectivity index (χ1) is 14.9. The Kier molecular flexibility index (Phi) is 5.69. The van der Waals surface area contributed by atoms with Crippen LogP contribution in [0, 0.1) is 11.7 Å². The summed E-state index contributed by atoms with van der Waals surface area (Å²) in [6, 6.07) is 0. The number of H-pyrrole nitrogens is 1. The van der Waals surface area contributed by atoms with Crippen LogP contribution in [0.2, 0.25) is 5.02 Å². The molecule has 160 valence electrons. The normalized spacial score (nSPS) is 12.7. The first kappa shape index (κ1) is 20.9. The van der Waals surface area contributed by atoms with Crippen molar-refractivity contribution in [1.82, 2.24) is 24.6 Å². The topological polar surface area (TPSA) is 105 Å². The van der Waals surface area contributed by atoms with Crippen molar-refractivity contribution in [2.24, 2.45) is 5.92 Å². The molecule has 8 nitrogen and oxygen atoms in total. The number of aromatic amines is 1. The molecule has 1 aromatic carbocycles. The molecule has 5 rings (SSSR count). The van der Waals surface area contributed by atoms with Crippen molar-refractivity contribution in [2.45, 2.75) is 33.1 Å². The largest absolute Gasteiger partial charge is 0.312 e. The number of imidazole rings is 1. The summed E-state index contributed by atoms with van der Waals surface area (Å²) in [6.45, 7) is 3.37. The molecule has 1 saturated carbocycles. The second kappa shape index (κ2) is 8.43. The van der Waals surface area contributed by atoms with Gasteiger partial charge in [0.25, 0.3) is 0 Å². The van der Waals surface area contributed by atoms with Crippen LogP contribution in [0.15, 0.2) is 24.8 Å². The van der Waals surface area contributed by atoms with E-state index in [2.05, 4.69) is 25.5 Å². The van der Waals surface area contributed by atoms with E-state index in [1.54, 1.807) is 30.6 Å². The predicted octanol–water partition coefficient (Wildman–Crippen LogP) is 4.64. The SMILES string of the molecule is C1CC1.CC(C)C(=O)c1c(F)c(Cl)c(-c2cn3cc(NC=O)nc3cn2)c2cn[nH]c12. The van der Waals surface area contributed by atoms with E-state index in [1.807, 2.05) is 0 Å². The number of rotatable bonds is 5. The van der Waals surface area contributed by atoms with Gasteiger partial charge in [0.1, 0.15) is 0 Å². The van der Waals surface area contributed by atoms with Crippen LogP contribution in [-0.2, 0) is 4.79 Å². The molecule has 2 N–H and O–H groups in total. The van der Waals surface area contributed by atoms with Crippen LogP contribution in [0.1, 0.15) is 43.5 Å². The van der Waals surface area contributed by atoms with E-state index in [4.69, 9.17) is 11.6 Å². The number of Topliss-reactive ketones (excluding diaryl/α,β-unsaturated/α-hetero) is 1. The third-order valence-corrected chi connectivity index (χ3v) is 5.07. The number of hydrogen-bond acceptors (Lipinski definition) is 5. The molecule has 3 aromatic heterocycles. The summed E-state index contributed by atoms with van der Waals surface area (Å²) in [5, 5.41) is 9.38. The average molecular weight is 443 g/mol. The Morgan fingerprint density at radius 2 is 2.03 bits per heavy atom. The van der Waals surface area contributed by atoms with Crippen LogP contribution in [0.5, 0.6) is 0 Å². The minimum Gasteiger partial charge on any atom is -0.312 e. The average Bonchev–Trinajstić information content (AvgIpc) is 3.46. The van der Waals surface area contributed by atoms with Gasteiger partial charge in [-0.2, -0.15) is 5.10 Å². The Morgan fingerprint density at radius 3 is 2.68 bits per heavy atom. The van der Waals surface area contributed by atoms with Crippen LogP contribution in [0.25, 0.3) is 27.8 Å². The molecule has 3 heterocycles. The molecule has 10 heteroatoms. The Labute approximate surface area is 181 Å². The van der Waals surface area contributed by atoms with Crippen molar-refractivity contribution >= 4 is 46.2 Å². The molecule has 0 bridgehead atoms. The van der Waals surface area contributed by atoms with Gasteiger partial charge in [-0.3, -0.25) is 19.7 Å². The van der Waals surface area contributed by atoms with Gasteiger partial charge in [-0.25, -0.2) is 9.37 Å². The molecular formula is C21H20ClFN6O2. The summed E-state index contributed by atoms with van der Waals surface area (Å²) >= 11 is 6.33. The van der Waals surface area contributed by atoms with Gasteiger partial charge in [0.15, 0.2) is 23.1 Å². The molecule has 0 radical (unpaired) electrons. The first-order valence-corrected chi connectivity index (χ1v) is 10.2. The maximum atomic E-state index is 15.1. The Hall–Kier alpha value is -3.33. The molecule has 0 saturated heterocycles. The minimum absolute atomic E-state index is 0.113. The molecule has 4 aromatic rings. The molecule has 0 atom stereocenters. The third-order valence-electron chi connectivity index (χ3n) is 4.72. The van der Waals surface area contributed by atoms with Gasteiger partial charge in [-0.1, -0.05) is 44.7 Å². The number of nitrogens with zero attached hydrogens (tertiary/aromatic N) is 4. The first-order valence-electron chi connectivity index (χ1n) is 9.86. The van der Waals surface area contributed by atoms with Gasteiger partial charge in [-0.15, -0.1) is 0 Å². The molecule has 1 aliphatic rings. The van der Waals surface area contributed by atoms with Gasteiger partial charge in [0, 0.05) is 23.1 Å². The highest BCUT2D eigenvalue weighted by Crippen LogP contribution is 2.39. The fraction of sp³-hybridized carbons (Fsp3) is 0.286. The molecule has 31 heavy (non-hydrogen) atoms. The Bertz CT molecular complexity index is 1290. The number of anilines is 1. The second-order valence-electron chi connectivity index (χ2n) is 7.54. The fourth-order valence-electron chi connectivity index (χ4n) is 3.04. The lowest BCUT2D eigenvalue weighted by atomic mass is 9.95. The maximum Gasteiger partial charge on any atom is 0.212 e. The van der Waals surface area contributed by atoms with Crippen LogP contribution in [-0.4, -0.2) is 36.8 Å². The summed E-state index contributed by atoms with van der Waals surface area (Å²) in [5.41, 5.74) is 1.31. The van der Waals surface area contributed by atoms with Gasteiger partial charge < -0.3 is 9.72 Å². The van der Waals surface area contributed by atoms with E-state index in [0.29, 0.717) is 34.5 Å². The van der Waals surface area contributed by atoms with Gasteiger partial charge >= 0.3 is 0 Å². The quantitative estimate of drug-likeness (QED) is 0.346. The minimum atomic E-state index is -0.817. The van der Waals surface area contributed by atoms with Crippen LogP contribution in [0.3, 0.4) is 0 Å². The van der Waals surface area contributed by atoms with Crippen LogP contribution in [0.4, 0.5) is 10.2 Å². The summed E-state index contributed by atoms with van der Waals surface area (Å²) in [5.74, 6) is -1.25. The van der Waals surface area contributed by atoms with Gasteiger partial charge in [0.2, 0.25) is 6.41 Å². The number of benzene rings is 1. The predicted molar refractivity (Wildman–Crippen MR) is 116 cm³/mol. The van der Waals surface area contributed by atoms with Gasteiger partial charge in [-0.05, 0) is 0 Å². The zero-order chi connectivity index (χ0) is 22.1. The molecular weight excluding hydrogens is 423 g/mol. The molecule has 0 spiro atoms. The van der Waals surface area contributed by atoms with Crippen molar-refractivity contribution in [3.63, 3.8) is 0 Å². The number of amides is 1. The van der Waals surface area contributed by atoms with Crippen molar-refractivity contribution in [3.05, 3.63) is 41.2 Å². The number of ketones is 1. The van der Waals surface area contributed by atoms with E-state index in [-0.39, 0.29) is 21.9 Å². The van der Waals surface area contributed by atoms with E-state index in [0.717, 1.165) is 0 Å². The summed E-state index contributed by atoms with van der Waals surface area (Å²) in [7, 11) is 0. The molecule has 1 amide bonds. The monoisotopic (exact) mass is 442 g/mol. The smallest absolute Gasteiger partial charge is 0.212 e. The molecule has 0 unspecified atom stereocenters.